The Morgan fingerprint density at radius 2 is 1.80 bits per heavy atom. The van der Waals surface area contributed by atoms with Crippen molar-refractivity contribution in [3.05, 3.63) is 59.7 Å². The fraction of sp³-hybridized carbons (Fsp3) is 0.200. The smallest absolute Gasteiger partial charge is 0.00942 e. The van der Waals surface area contributed by atoms with Gasteiger partial charge in [-0.25, -0.2) is 0 Å². The van der Waals surface area contributed by atoms with E-state index in [-0.39, 0.29) is 0 Å². The summed E-state index contributed by atoms with van der Waals surface area (Å²) in [5, 5.41) is 0. The summed E-state index contributed by atoms with van der Waals surface area (Å²) in [6.45, 7) is 4.17. The van der Waals surface area contributed by atoms with Crippen LogP contribution in [0.3, 0.4) is 0 Å². The Morgan fingerprint density at radius 3 is 2.33 bits per heavy atom. The Morgan fingerprint density at radius 1 is 1.20 bits per heavy atom. The Hall–Kier alpha value is -1.74. The minimum Gasteiger partial charge on any atom is -0.124 e. The predicted octanol–water partition coefficient (Wildman–Crippen LogP) is 4.00. The first-order valence-electron chi connectivity index (χ1n) is 4.99. The lowest BCUT2D eigenvalue weighted by Gasteiger charge is -1.94. The van der Waals surface area contributed by atoms with Gasteiger partial charge in [0.05, 0.1) is 0 Å². The van der Waals surface area contributed by atoms with Crippen molar-refractivity contribution in [2.75, 3.05) is 0 Å². The summed E-state index contributed by atoms with van der Waals surface area (Å²) in [7, 11) is 0. The van der Waals surface area contributed by atoms with Gasteiger partial charge in [0.2, 0.25) is 0 Å². The Labute approximate surface area is 93.3 Å². The quantitative estimate of drug-likeness (QED) is 0.508. The normalized spacial score (nSPS) is 10.8. The van der Waals surface area contributed by atoms with E-state index in [9.17, 15) is 0 Å². The van der Waals surface area contributed by atoms with Crippen molar-refractivity contribution >= 4 is 0 Å². The number of allylic oxidation sites excluding steroid dienone is 4. The monoisotopic (exact) mass is 198 g/mol. The summed E-state index contributed by atoms with van der Waals surface area (Å²) in [5.41, 5.74) is 2.68. The third-order valence-electron chi connectivity index (χ3n) is 2.03. The Bertz CT molecular complexity index is 326. The molecular weight excluding hydrogens is 180 g/mol. The average molecular weight is 198 g/mol. The van der Waals surface area contributed by atoms with Crippen LogP contribution >= 0.6 is 0 Å². The van der Waals surface area contributed by atoms with Gasteiger partial charge in [0.15, 0.2) is 0 Å². The lowest BCUT2D eigenvalue weighted by molar-refractivity contribution is 1.26. The maximum atomic E-state index is 4.00. The molecule has 0 aliphatic heterocycles. The zero-order valence-corrected chi connectivity index (χ0v) is 9.48. The Kier molecular flexibility index (Phi) is 7.82. The topological polar surface area (TPSA) is 0 Å². The fourth-order valence-electron chi connectivity index (χ4n) is 1.09. The molecule has 0 saturated heterocycles. The summed E-state index contributed by atoms with van der Waals surface area (Å²) < 4.78 is 0. The van der Waals surface area contributed by atoms with Crippen molar-refractivity contribution in [1.82, 2.24) is 0 Å². The summed E-state index contributed by atoms with van der Waals surface area (Å²) in [5.74, 6) is 0. The van der Waals surface area contributed by atoms with Crippen LogP contribution in [-0.2, 0) is 6.42 Å². The van der Waals surface area contributed by atoms with Gasteiger partial charge >= 0.3 is 0 Å². The summed E-state index contributed by atoms with van der Waals surface area (Å²) in [6, 6.07) is 10.5. The van der Waals surface area contributed by atoms with Crippen molar-refractivity contribution in [2.45, 2.75) is 20.3 Å². The largest absolute Gasteiger partial charge is 0.124 e. The number of benzene rings is 1. The van der Waals surface area contributed by atoms with Gasteiger partial charge in [-0.05, 0) is 25.8 Å². The fourth-order valence-corrected chi connectivity index (χ4v) is 1.09. The lowest BCUT2D eigenvalue weighted by atomic mass is 10.1. The Balaban J connectivity index is 0.000000921. The molecule has 1 aromatic carbocycles. The summed E-state index contributed by atoms with van der Waals surface area (Å²) in [4.78, 5) is 0. The van der Waals surface area contributed by atoms with E-state index >= 15 is 0 Å². The van der Waals surface area contributed by atoms with E-state index in [1.54, 1.807) is 0 Å². The van der Waals surface area contributed by atoms with Crippen molar-refractivity contribution in [3.8, 4) is 12.8 Å². The number of terminal acetylenes is 1. The second-order valence-electron chi connectivity index (χ2n) is 3.12. The van der Waals surface area contributed by atoms with Gasteiger partial charge in [0.1, 0.15) is 0 Å². The molecule has 0 fully saturated rings. The highest BCUT2D eigenvalue weighted by molar-refractivity contribution is 5.21. The molecule has 0 heteroatoms. The number of hydrogen-bond donors (Lipinski definition) is 0. The van der Waals surface area contributed by atoms with E-state index in [1.807, 2.05) is 6.07 Å². The van der Waals surface area contributed by atoms with E-state index in [1.165, 1.54) is 11.1 Å². The van der Waals surface area contributed by atoms with Crippen LogP contribution in [-0.4, -0.2) is 0 Å². The van der Waals surface area contributed by atoms with Gasteiger partial charge in [-0.15, -0.1) is 12.8 Å². The highest BCUT2D eigenvalue weighted by atomic mass is 13.9. The number of rotatable bonds is 3. The predicted molar refractivity (Wildman–Crippen MR) is 68.6 cm³/mol. The van der Waals surface area contributed by atoms with Crippen LogP contribution in [0.2, 0.25) is 0 Å². The molecule has 0 amide bonds. The van der Waals surface area contributed by atoms with Crippen LogP contribution in [0.1, 0.15) is 19.4 Å². The molecule has 1 rings (SSSR count). The van der Waals surface area contributed by atoms with Gasteiger partial charge < -0.3 is 0 Å². The van der Waals surface area contributed by atoms with Gasteiger partial charge in [-0.2, -0.15) is 0 Å². The van der Waals surface area contributed by atoms with Gasteiger partial charge in [0, 0.05) is 0 Å². The minimum atomic E-state index is 1.02. The van der Waals surface area contributed by atoms with Crippen LogP contribution in [0.15, 0.2) is 54.1 Å². The molecule has 0 spiro atoms. The summed E-state index contributed by atoms with van der Waals surface area (Å²) >= 11 is 0. The first kappa shape index (κ1) is 13.3. The highest BCUT2D eigenvalue weighted by Gasteiger charge is 1.85. The molecule has 15 heavy (non-hydrogen) atoms. The number of hydrogen-bond acceptors (Lipinski definition) is 0. The molecule has 0 N–H and O–H groups in total. The van der Waals surface area contributed by atoms with E-state index in [2.05, 4.69) is 69.2 Å². The van der Waals surface area contributed by atoms with E-state index in [0.717, 1.165) is 6.42 Å². The SMILES string of the molecule is C#C.C/C=C(C)\C=C/Cc1ccccc1. The van der Waals surface area contributed by atoms with E-state index in [0.29, 0.717) is 0 Å². The van der Waals surface area contributed by atoms with Crippen LogP contribution in [0.4, 0.5) is 0 Å². The van der Waals surface area contributed by atoms with Gasteiger partial charge in [-0.3, -0.25) is 0 Å². The second kappa shape index (κ2) is 8.84. The van der Waals surface area contributed by atoms with Crippen LogP contribution in [0.25, 0.3) is 0 Å². The molecule has 0 radical (unpaired) electrons. The van der Waals surface area contributed by atoms with Crippen LogP contribution in [0.5, 0.6) is 0 Å². The van der Waals surface area contributed by atoms with Crippen molar-refractivity contribution in [2.24, 2.45) is 0 Å². The van der Waals surface area contributed by atoms with Crippen molar-refractivity contribution in [3.63, 3.8) is 0 Å². The maximum Gasteiger partial charge on any atom is -0.00942 e. The standard InChI is InChI=1S/C13H16.C2H2/c1-3-12(2)8-7-11-13-9-5-4-6-10-13;1-2/h3-10H,11H2,1-2H3;1-2H/b8-7-,12-3-;. The highest BCUT2D eigenvalue weighted by Crippen LogP contribution is 2.02. The van der Waals surface area contributed by atoms with Crippen LogP contribution < -0.4 is 0 Å². The zero-order chi connectivity index (χ0) is 11.5. The maximum absolute atomic E-state index is 4.00. The average Bonchev–Trinajstić information content (AvgIpc) is 2.33. The van der Waals surface area contributed by atoms with Crippen molar-refractivity contribution < 1.29 is 0 Å². The zero-order valence-electron chi connectivity index (χ0n) is 9.48. The molecule has 0 nitrogen and oxygen atoms in total. The van der Waals surface area contributed by atoms with E-state index < -0.39 is 0 Å². The molecule has 1 aromatic rings. The molecule has 0 unspecified atom stereocenters. The molecule has 0 bridgehead atoms. The van der Waals surface area contributed by atoms with Gasteiger partial charge in [0.25, 0.3) is 0 Å². The second-order valence-corrected chi connectivity index (χ2v) is 3.12. The molecular formula is C15H18. The minimum absolute atomic E-state index is 1.02. The molecule has 0 heterocycles. The molecule has 0 aliphatic rings. The first-order chi connectivity index (χ1) is 7.33. The third kappa shape index (κ3) is 6.35. The van der Waals surface area contributed by atoms with E-state index in [4.69, 9.17) is 0 Å². The molecule has 0 aromatic heterocycles. The summed E-state index contributed by atoms with van der Waals surface area (Å²) in [6.07, 6.45) is 15.5. The lowest BCUT2D eigenvalue weighted by Crippen LogP contribution is -1.78. The third-order valence-corrected chi connectivity index (χ3v) is 2.03. The van der Waals surface area contributed by atoms with Crippen molar-refractivity contribution in [1.29, 1.82) is 0 Å². The molecule has 78 valence electrons. The van der Waals surface area contributed by atoms with Gasteiger partial charge in [-0.1, -0.05) is 54.1 Å². The molecule has 0 aliphatic carbocycles. The first-order valence-corrected chi connectivity index (χ1v) is 4.99. The molecule has 0 atom stereocenters. The molecule has 0 saturated carbocycles. The van der Waals surface area contributed by atoms with Crippen LogP contribution in [0, 0.1) is 12.8 Å².